The van der Waals surface area contributed by atoms with Crippen LogP contribution < -0.4 is 0 Å². The van der Waals surface area contributed by atoms with Crippen molar-refractivity contribution in [3.8, 4) is 0 Å². The molecule has 3 heteroatoms. The minimum Gasteiger partial charge on any atom is -0.301 e. The van der Waals surface area contributed by atoms with Gasteiger partial charge in [0.2, 0.25) is 0 Å². The molecule has 0 radical (unpaired) electrons. The molecule has 0 N–H and O–H groups in total. The van der Waals surface area contributed by atoms with E-state index in [2.05, 4.69) is 22.8 Å². The van der Waals surface area contributed by atoms with Crippen LogP contribution in [-0.4, -0.2) is 54.9 Å². The van der Waals surface area contributed by atoms with E-state index in [9.17, 15) is 4.79 Å². The summed E-state index contributed by atoms with van der Waals surface area (Å²) in [7, 11) is 0. The highest BCUT2D eigenvalue weighted by Crippen LogP contribution is 2.12. The first-order chi connectivity index (χ1) is 9.58. The van der Waals surface area contributed by atoms with E-state index in [1.807, 2.05) is 26.0 Å². The van der Waals surface area contributed by atoms with Crippen LogP contribution in [0.3, 0.4) is 0 Å². The summed E-state index contributed by atoms with van der Waals surface area (Å²) in [5, 5.41) is 0. The number of benzene rings is 1. The van der Waals surface area contributed by atoms with Crippen LogP contribution in [0.5, 0.6) is 0 Å². The van der Waals surface area contributed by atoms with Gasteiger partial charge >= 0.3 is 0 Å². The van der Waals surface area contributed by atoms with Gasteiger partial charge in [-0.3, -0.25) is 4.79 Å². The van der Waals surface area contributed by atoms with Gasteiger partial charge in [0.25, 0.3) is 0 Å². The molecule has 0 aliphatic carbocycles. The smallest absolute Gasteiger partial charge is 0.164 e. The number of aryl methyl sites for hydroxylation is 2. The lowest BCUT2D eigenvalue weighted by Crippen LogP contribution is -2.46. The zero-order valence-corrected chi connectivity index (χ0v) is 13.0. The molecule has 0 saturated carbocycles. The monoisotopic (exact) mass is 274 g/mol. The van der Waals surface area contributed by atoms with Crippen molar-refractivity contribution in [1.82, 2.24) is 9.80 Å². The van der Waals surface area contributed by atoms with E-state index in [0.29, 0.717) is 6.42 Å². The molecule has 3 nitrogen and oxygen atoms in total. The van der Waals surface area contributed by atoms with E-state index in [1.165, 1.54) is 11.1 Å². The first-order valence-corrected chi connectivity index (χ1v) is 7.64. The van der Waals surface area contributed by atoms with Crippen molar-refractivity contribution >= 4 is 5.78 Å². The lowest BCUT2D eigenvalue weighted by atomic mass is 10.0. The van der Waals surface area contributed by atoms with Crippen LogP contribution in [0.25, 0.3) is 0 Å². The predicted octanol–water partition coefficient (Wildman–Crippen LogP) is 2.51. The molecule has 0 aromatic heterocycles. The summed E-state index contributed by atoms with van der Waals surface area (Å²) in [5.74, 6) is 0.273. The van der Waals surface area contributed by atoms with E-state index in [-0.39, 0.29) is 5.78 Å². The second-order valence-corrected chi connectivity index (χ2v) is 5.83. The largest absolute Gasteiger partial charge is 0.301 e. The van der Waals surface area contributed by atoms with Gasteiger partial charge in [0.1, 0.15) is 0 Å². The number of nitrogens with zero attached hydrogens (tertiary/aromatic N) is 2. The lowest BCUT2D eigenvalue weighted by Gasteiger charge is -2.33. The van der Waals surface area contributed by atoms with E-state index >= 15 is 0 Å². The van der Waals surface area contributed by atoms with Crippen molar-refractivity contribution in [2.45, 2.75) is 27.2 Å². The van der Waals surface area contributed by atoms with E-state index in [4.69, 9.17) is 0 Å². The SMILES string of the molecule is CCN1CCN(CCC(=O)c2cc(C)cc(C)c2)CC1. The van der Waals surface area contributed by atoms with Gasteiger partial charge in [-0.25, -0.2) is 0 Å². The summed E-state index contributed by atoms with van der Waals surface area (Å²) in [6.45, 7) is 12.8. The van der Waals surface area contributed by atoms with Crippen LogP contribution in [-0.2, 0) is 0 Å². The highest BCUT2D eigenvalue weighted by atomic mass is 16.1. The standard InChI is InChI=1S/C17H26N2O/c1-4-18-7-9-19(10-8-18)6-5-17(20)16-12-14(2)11-15(3)13-16/h11-13H,4-10H2,1-3H3. The molecule has 0 bridgehead atoms. The number of carbonyl (C=O) groups excluding carboxylic acids is 1. The van der Waals surface area contributed by atoms with Gasteiger partial charge in [-0.05, 0) is 32.5 Å². The van der Waals surface area contributed by atoms with Crippen molar-refractivity contribution in [2.24, 2.45) is 0 Å². The fourth-order valence-corrected chi connectivity index (χ4v) is 2.87. The maximum absolute atomic E-state index is 12.3. The lowest BCUT2D eigenvalue weighted by molar-refractivity contribution is 0.0931. The molecule has 0 unspecified atom stereocenters. The fourth-order valence-electron chi connectivity index (χ4n) is 2.87. The van der Waals surface area contributed by atoms with Crippen molar-refractivity contribution in [3.05, 3.63) is 34.9 Å². The summed E-state index contributed by atoms with van der Waals surface area (Å²) in [5.41, 5.74) is 3.21. The third-order valence-corrected chi connectivity index (χ3v) is 4.11. The molecule has 1 heterocycles. The molecule has 2 rings (SSSR count). The molecule has 0 amide bonds. The molecule has 1 aromatic carbocycles. The number of likely N-dealkylation sites (N-methyl/N-ethyl adjacent to an activating group) is 1. The average molecular weight is 274 g/mol. The third-order valence-electron chi connectivity index (χ3n) is 4.11. The van der Waals surface area contributed by atoms with Crippen molar-refractivity contribution in [1.29, 1.82) is 0 Å². The van der Waals surface area contributed by atoms with Crippen molar-refractivity contribution < 1.29 is 4.79 Å². The molecular weight excluding hydrogens is 248 g/mol. The van der Waals surface area contributed by atoms with E-state index < -0.39 is 0 Å². The van der Waals surface area contributed by atoms with Gasteiger partial charge in [-0.1, -0.05) is 24.1 Å². The number of rotatable bonds is 5. The van der Waals surface area contributed by atoms with Crippen molar-refractivity contribution in [2.75, 3.05) is 39.3 Å². The molecule has 1 aliphatic rings. The molecule has 1 fully saturated rings. The normalized spacial score (nSPS) is 17.4. The summed E-state index contributed by atoms with van der Waals surface area (Å²) < 4.78 is 0. The predicted molar refractivity (Wildman–Crippen MR) is 83.4 cm³/mol. The Hall–Kier alpha value is -1.19. The van der Waals surface area contributed by atoms with Gasteiger partial charge < -0.3 is 9.80 Å². The zero-order chi connectivity index (χ0) is 14.5. The first-order valence-electron chi connectivity index (χ1n) is 7.64. The zero-order valence-electron chi connectivity index (χ0n) is 13.0. The minimum absolute atomic E-state index is 0.273. The Morgan fingerprint density at radius 3 is 2.10 bits per heavy atom. The number of carbonyl (C=O) groups is 1. The van der Waals surface area contributed by atoms with Gasteiger partial charge in [-0.15, -0.1) is 0 Å². The summed E-state index contributed by atoms with van der Waals surface area (Å²) in [6, 6.07) is 6.12. The Kier molecular flexibility index (Phi) is 5.32. The molecule has 1 aliphatic heterocycles. The highest BCUT2D eigenvalue weighted by molar-refractivity contribution is 5.96. The van der Waals surface area contributed by atoms with Gasteiger partial charge in [-0.2, -0.15) is 0 Å². The number of ketones is 1. The maximum atomic E-state index is 12.3. The summed E-state index contributed by atoms with van der Waals surface area (Å²) in [6.07, 6.45) is 0.634. The summed E-state index contributed by atoms with van der Waals surface area (Å²) in [4.78, 5) is 17.1. The molecule has 20 heavy (non-hydrogen) atoms. The first kappa shape index (κ1) is 15.2. The Bertz CT molecular complexity index is 442. The Balaban J connectivity index is 1.83. The Morgan fingerprint density at radius 2 is 1.55 bits per heavy atom. The van der Waals surface area contributed by atoms with Crippen LogP contribution in [0.2, 0.25) is 0 Å². The Labute approximate surface area is 122 Å². The molecular formula is C17H26N2O. The molecule has 0 spiro atoms. The second-order valence-electron chi connectivity index (χ2n) is 5.83. The van der Waals surface area contributed by atoms with E-state index in [0.717, 1.165) is 44.8 Å². The maximum Gasteiger partial charge on any atom is 0.164 e. The van der Waals surface area contributed by atoms with Gasteiger partial charge in [0, 0.05) is 44.7 Å². The number of hydrogen-bond acceptors (Lipinski definition) is 3. The number of Topliss-reactive ketones (excluding diaryl/α,β-unsaturated/α-hetero) is 1. The average Bonchev–Trinajstić information content (AvgIpc) is 2.44. The number of hydrogen-bond donors (Lipinski definition) is 0. The molecule has 0 atom stereocenters. The van der Waals surface area contributed by atoms with Crippen molar-refractivity contribution in [3.63, 3.8) is 0 Å². The fraction of sp³-hybridized carbons (Fsp3) is 0.588. The minimum atomic E-state index is 0.273. The quantitative estimate of drug-likeness (QED) is 0.771. The van der Waals surface area contributed by atoms with Crippen LogP contribution >= 0.6 is 0 Å². The number of piperazine rings is 1. The Morgan fingerprint density at radius 1 is 1.00 bits per heavy atom. The molecule has 110 valence electrons. The molecule has 1 saturated heterocycles. The van der Waals surface area contributed by atoms with Gasteiger partial charge in [0.15, 0.2) is 5.78 Å². The van der Waals surface area contributed by atoms with Crippen LogP contribution in [0.4, 0.5) is 0 Å². The topological polar surface area (TPSA) is 23.6 Å². The van der Waals surface area contributed by atoms with E-state index in [1.54, 1.807) is 0 Å². The van der Waals surface area contributed by atoms with Crippen LogP contribution in [0, 0.1) is 13.8 Å². The highest BCUT2D eigenvalue weighted by Gasteiger charge is 2.16. The van der Waals surface area contributed by atoms with Crippen LogP contribution in [0.1, 0.15) is 34.8 Å². The van der Waals surface area contributed by atoms with Gasteiger partial charge in [0.05, 0.1) is 0 Å². The third kappa shape index (κ3) is 4.15. The second kappa shape index (κ2) is 7.00. The molecule has 1 aromatic rings. The summed E-state index contributed by atoms with van der Waals surface area (Å²) >= 11 is 0. The van der Waals surface area contributed by atoms with Crippen LogP contribution in [0.15, 0.2) is 18.2 Å².